The molecular formula is C24H24FN5O2. The zero-order valence-electron chi connectivity index (χ0n) is 18.2. The molecule has 0 saturated carbocycles. The molecule has 4 aromatic rings. The standard InChI is InChI=1S/C24H24FN5O2/c1-4-16-5-9-18(10-6-16)27-21(31)14-29-24(32)23-20(22(28-29)15(2)3)13-26-30(23)19-11-7-17(25)8-12-19/h5-13,15H,4,14H2,1-3H3,(H,27,31). The van der Waals surface area contributed by atoms with Gasteiger partial charge in [-0.3, -0.25) is 9.59 Å². The first-order valence-electron chi connectivity index (χ1n) is 10.5. The highest BCUT2D eigenvalue weighted by Crippen LogP contribution is 2.23. The molecule has 2 heterocycles. The van der Waals surface area contributed by atoms with Crippen LogP contribution in [0.15, 0.2) is 59.5 Å². The van der Waals surface area contributed by atoms with E-state index < -0.39 is 5.56 Å². The van der Waals surface area contributed by atoms with Gasteiger partial charge < -0.3 is 5.32 Å². The van der Waals surface area contributed by atoms with E-state index in [0.29, 0.717) is 28.0 Å². The Kier molecular flexibility index (Phi) is 5.85. The molecule has 8 heteroatoms. The lowest BCUT2D eigenvalue weighted by molar-refractivity contribution is -0.117. The molecule has 0 bridgehead atoms. The van der Waals surface area contributed by atoms with Crippen molar-refractivity contribution in [1.29, 1.82) is 0 Å². The number of anilines is 1. The first-order valence-corrected chi connectivity index (χ1v) is 10.5. The van der Waals surface area contributed by atoms with E-state index in [9.17, 15) is 14.0 Å². The van der Waals surface area contributed by atoms with Gasteiger partial charge in [-0.15, -0.1) is 0 Å². The van der Waals surface area contributed by atoms with E-state index in [1.54, 1.807) is 18.3 Å². The third kappa shape index (κ3) is 4.16. The van der Waals surface area contributed by atoms with E-state index in [0.717, 1.165) is 11.1 Å². The smallest absolute Gasteiger partial charge is 0.293 e. The number of halogens is 1. The minimum absolute atomic E-state index is 0.000123. The summed E-state index contributed by atoms with van der Waals surface area (Å²) in [6.07, 6.45) is 2.50. The second kappa shape index (κ2) is 8.74. The van der Waals surface area contributed by atoms with Crippen molar-refractivity contribution in [3.63, 3.8) is 0 Å². The molecular weight excluding hydrogens is 409 g/mol. The molecule has 2 aromatic heterocycles. The van der Waals surface area contributed by atoms with Crippen molar-refractivity contribution in [1.82, 2.24) is 19.6 Å². The Morgan fingerprint density at radius 1 is 1.09 bits per heavy atom. The van der Waals surface area contributed by atoms with Gasteiger partial charge in [0.25, 0.3) is 5.56 Å². The fourth-order valence-electron chi connectivity index (χ4n) is 3.57. The highest BCUT2D eigenvalue weighted by molar-refractivity contribution is 5.90. The third-order valence-corrected chi connectivity index (χ3v) is 5.27. The number of aryl methyl sites for hydroxylation is 1. The molecule has 0 atom stereocenters. The lowest BCUT2D eigenvalue weighted by Crippen LogP contribution is -2.31. The molecule has 0 radical (unpaired) electrons. The maximum Gasteiger partial charge on any atom is 0.293 e. The van der Waals surface area contributed by atoms with E-state index in [4.69, 9.17) is 0 Å². The number of amides is 1. The number of carbonyl (C=O) groups excluding carboxylic acids is 1. The largest absolute Gasteiger partial charge is 0.324 e. The van der Waals surface area contributed by atoms with Crippen LogP contribution >= 0.6 is 0 Å². The number of rotatable bonds is 6. The van der Waals surface area contributed by atoms with Gasteiger partial charge in [-0.05, 0) is 54.3 Å². The van der Waals surface area contributed by atoms with Crippen LogP contribution < -0.4 is 10.9 Å². The predicted molar refractivity (Wildman–Crippen MR) is 122 cm³/mol. The van der Waals surface area contributed by atoms with Gasteiger partial charge in [0.15, 0.2) is 0 Å². The number of nitrogens with zero attached hydrogens (tertiary/aromatic N) is 4. The predicted octanol–water partition coefficient (Wildman–Crippen LogP) is 4.05. The summed E-state index contributed by atoms with van der Waals surface area (Å²) < 4.78 is 16.0. The van der Waals surface area contributed by atoms with Crippen molar-refractivity contribution < 1.29 is 9.18 Å². The average Bonchev–Trinajstić information content (AvgIpc) is 3.22. The zero-order chi connectivity index (χ0) is 22.8. The van der Waals surface area contributed by atoms with Crippen molar-refractivity contribution in [3.8, 4) is 5.69 Å². The van der Waals surface area contributed by atoms with Crippen LogP contribution in [0.25, 0.3) is 16.6 Å². The molecule has 0 aliphatic rings. The monoisotopic (exact) mass is 433 g/mol. The first-order chi connectivity index (χ1) is 15.4. The van der Waals surface area contributed by atoms with Crippen LogP contribution in [0.1, 0.15) is 37.9 Å². The van der Waals surface area contributed by atoms with Crippen LogP contribution in [-0.2, 0) is 17.8 Å². The second-order valence-electron chi connectivity index (χ2n) is 7.90. The Labute approximate surface area is 184 Å². The van der Waals surface area contributed by atoms with Gasteiger partial charge in [0.05, 0.1) is 17.6 Å². The molecule has 0 unspecified atom stereocenters. The molecule has 4 rings (SSSR count). The van der Waals surface area contributed by atoms with Gasteiger partial charge in [0.2, 0.25) is 5.91 Å². The van der Waals surface area contributed by atoms with Gasteiger partial charge in [0.1, 0.15) is 17.9 Å². The minimum Gasteiger partial charge on any atom is -0.324 e. The molecule has 0 spiro atoms. The fraction of sp³-hybridized carbons (Fsp3) is 0.250. The summed E-state index contributed by atoms with van der Waals surface area (Å²) in [5, 5.41) is 12.2. The Hall–Kier alpha value is -3.81. The first kappa shape index (κ1) is 21.4. The Morgan fingerprint density at radius 3 is 2.41 bits per heavy atom. The molecule has 0 aliphatic heterocycles. The van der Waals surface area contributed by atoms with Crippen molar-refractivity contribution in [2.24, 2.45) is 0 Å². The van der Waals surface area contributed by atoms with Crippen LogP contribution in [0.5, 0.6) is 0 Å². The average molecular weight is 433 g/mol. The molecule has 1 amide bonds. The van der Waals surface area contributed by atoms with Gasteiger partial charge in [-0.2, -0.15) is 10.2 Å². The number of hydrogen-bond acceptors (Lipinski definition) is 4. The van der Waals surface area contributed by atoms with Gasteiger partial charge >= 0.3 is 0 Å². The number of carbonyl (C=O) groups is 1. The van der Waals surface area contributed by atoms with Crippen molar-refractivity contribution in [2.45, 2.75) is 39.7 Å². The third-order valence-electron chi connectivity index (χ3n) is 5.27. The molecule has 0 saturated heterocycles. The molecule has 2 aromatic carbocycles. The number of nitrogens with one attached hydrogen (secondary N) is 1. The van der Waals surface area contributed by atoms with E-state index in [-0.39, 0.29) is 24.2 Å². The summed E-state index contributed by atoms with van der Waals surface area (Å²) in [7, 11) is 0. The van der Waals surface area contributed by atoms with Crippen molar-refractivity contribution >= 4 is 22.5 Å². The van der Waals surface area contributed by atoms with Crippen LogP contribution in [-0.4, -0.2) is 25.5 Å². The van der Waals surface area contributed by atoms with Crippen LogP contribution in [0, 0.1) is 5.82 Å². The number of fused-ring (bicyclic) bond motifs is 1. The lowest BCUT2D eigenvalue weighted by atomic mass is 10.1. The van der Waals surface area contributed by atoms with E-state index in [1.165, 1.54) is 22.4 Å². The summed E-state index contributed by atoms with van der Waals surface area (Å²) in [5.41, 5.74) is 2.89. The molecule has 0 aliphatic carbocycles. The maximum atomic E-state index is 13.4. The molecule has 7 nitrogen and oxygen atoms in total. The van der Waals surface area contributed by atoms with E-state index >= 15 is 0 Å². The Bertz CT molecular complexity index is 1320. The fourth-order valence-corrected chi connectivity index (χ4v) is 3.57. The highest BCUT2D eigenvalue weighted by atomic mass is 19.1. The van der Waals surface area contributed by atoms with Crippen molar-refractivity contribution in [3.05, 3.63) is 82.2 Å². The highest BCUT2D eigenvalue weighted by Gasteiger charge is 2.20. The molecule has 1 N–H and O–H groups in total. The number of hydrogen-bond donors (Lipinski definition) is 1. The summed E-state index contributed by atoms with van der Waals surface area (Å²) in [6.45, 7) is 5.74. The lowest BCUT2D eigenvalue weighted by Gasteiger charge is -2.12. The van der Waals surface area contributed by atoms with Crippen LogP contribution in [0.2, 0.25) is 0 Å². The molecule has 0 fully saturated rings. The topological polar surface area (TPSA) is 81.8 Å². The number of benzene rings is 2. The van der Waals surface area contributed by atoms with Gasteiger partial charge in [0, 0.05) is 11.1 Å². The minimum atomic E-state index is -0.442. The zero-order valence-corrected chi connectivity index (χ0v) is 18.2. The van der Waals surface area contributed by atoms with Gasteiger partial charge in [-0.1, -0.05) is 32.9 Å². The summed E-state index contributed by atoms with van der Waals surface area (Å²) >= 11 is 0. The summed E-state index contributed by atoms with van der Waals surface area (Å²) in [5.74, 6) is -0.735. The summed E-state index contributed by atoms with van der Waals surface area (Å²) in [4.78, 5) is 25.9. The molecule has 164 valence electrons. The SMILES string of the molecule is CCc1ccc(NC(=O)Cn2nc(C(C)C)c3cnn(-c4ccc(F)cc4)c3c2=O)cc1. The Morgan fingerprint density at radius 2 is 1.78 bits per heavy atom. The van der Waals surface area contributed by atoms with Crippen molar-refractivity contribution in [2.75, 3.05) is 5.32 Å². The van der Waals surface area contributed by atoms with Crippen LogP contribution in [0.3, 0.4) is 0 Å². The maximum absolute atomic E-state index is 13.4. The quantitative estimate of drug-likeness (QED) is 0.497. The molecule has 32 heavy (non-hydrogen) atoms. The number of aromatic nitrogens is 4. The van der Waals surface area contributed by atoms with E-state index in [2.05, 4.69) is 22.4 Å². The Balaban J connectivity index is 1.73. The van der Waals surface area contributed by atoms with E-state index in [1.807, 2.05) is 38.1 Å². The van der Waals surface area contributed by atoms with Gasteiger partial charge in [-0.25, -0.2) is 13.8 Å². The van der Waals surface area contributed by atoms with Crippen LogP contribution in [0.4, 0.5) is 10.1 Å². The summed E-state index contributed by atoms with van der Waals surface area (Å²) in [6, 6.07) is 13.3. The normalized spacial score (nSPS) is 11.3. The second-order valence-corrected chi connectivity index (χ2v) is 7.90.